The summed E-state index contributed by atoms with van der Waals surface area (Å²) in [4.78, 5) is 0. The number of hydrogen-bond acceptors (Lipinski definition) is 2. The average molecular weight is 272 g/mol. The first-order chi connectivity index (χ1) is 9.65. The van der Waals surface area contributed by atoms with Crippen LogP contribution in [0.3, 0.4) is 0 Å². The van der Waals surface area contributed by atoms with E-state index in [9.17, 15) is 9.50 Å². The van der Waals surface area contributed by atoms with Crippen molar-refractivity contribution in [2.75, 3.05) is 0 Å². The summed E-state index contributed by atoms with van der Waals surface area (Å²) in [6, 6.07) is 13.9. The molecule has 0 bridgehead atoms. The average Bonchev–Trinajstić information content (AvgIpc) is 2.45. The predicted octanol–water partition coefficient (Wildman–Crippen LogP) is 3.81. The normalized spacial score (nSPS) is 25.1. The lowest BCUT2D eigenvalue weighted by Crippen LogP contribution is -2.32. The second-order valence-electron chi connectivity index (χ2n) is 5.32. The number of ether oxygens (including phenoxy) is 1. The zero-order valence-electron chi connectivity index (χ0n) is 11.3. The molecule has 104 valence electrons. The van der Waals surface area contributed by atoms with Crippen molar-refractivity contribution in [1.82, 2.24) is 0 Å². The Bertz CT molecular complexity index is 611. The van der Waals surface area contributed by atoms with E-state index < -0.39 is 6.10 Å². The first-order valence-electron chi connectivity index (χ1n) is 6.84. The van der Waals surface area contributed by atoms with Crippen molar-refractivity contribution in [2.24, 2.45) is 0 Å². The Morgan fingerprint density at radius 2 is 1.85 bits per heavy atom. The Labute approximate surface area is 117 Å². The number of fused-ring (bicyclic) bond motifs is 1. The van der Waals surface area contributed by atoms with Gasteiger partial charge in [0.05, 0.1) is 0 Å². The minimum atomic E-state index is -0.675. The van der Waals surface area contributed by atoms with Crippen LogP contribution in [0.2, 0.25) is 0 Å². The molecular formula is C17H17FO2. The van der Waals surface area contributed by atoms with E-state index in [-0.39, 0.29) is 11.9 Å². The van der Waals surface area contributed by atoms with Crippen LogP contribution in [0.25, 0.3) is 0 Å². The van der Waals surface area contributed by atoms with Gasteiger partial charge in [0.2, 0.25) is 0 Å². The van der Waals surface area contributed by atoms with Crippen LogP contribution in [0.15, 0.2) is 48.5 Å². The van der Waals surface area contributed by atoms with Crippen LogP contribution in [-0.4, -0.2) is 11.2 Å². The summed E-state index contributed by atoms with van der Waals surface area (Å²) in [5.74, 6) is 0.440. The molecule has 1 aliphatic rings. The Morgan fingerprint density at radius 3 is 2.60 bits per heavy atom. The molecule has 0 saturated carbocycles. The molecule has 0 spiro atoms. The van der Waals surface area contributed by atoms with E-state index in [1.165, 1.54) is 17.7 Å². The van der Waals surface area contributed by atoms with Crippen molar-refractivity contribution in [3.05, 3.63) is 65.5 Å². The highest BCUT2D eigenvalue weighted by Crippen LogP contribution is 2.39. The molecular weight excluding hydrogens is 255 g/mol. The highest BCUT2D eigenvalue weighted by Gasteiger charge is 2.33. The highest BCUT2D eigenvalue weighted by atomic mass is 19.1. The van der Waals surface area contributed by atoms with E-state index in [0.717, 1.165) is 5.56 Å². The van der Waals surface area contributed by atoms with E-state index in [1.54, 1.807) is 12.1 Å². The van der Waals surface area contributed by atoms with Crippen molar-refractivity contribution in [2.45, 2.75) is 31.5 Å². The second kappa shape index (κ2) is 5.25. The third-order valence-electron chi connectivity index (χ3n) is 3.87. The first kappa shape index (κ1) is 13.1. The zero-order chi connectivity index (χ0) is 14.1. The van der Waals surface area contributed by atoms with Gasteiger partial charge in [0, 0.05) is 6.07 Å². The topological polar surface area (TPSA) is 29.5 Å². The molecule has 0 aliphatic heterocycles. The van der Waals surface area contributed by atoms with Crippen molar-refractivity contribution < 1.29 is 14.2 Å². The van der Waals surface area contributed by atoms with E-state index in [2.05, 4.69) is 6.92 Å². The van der Waals surface area contributed by atoms with Gasteiger partial charge in [-0.15, -0.1) is 0 Å². The van der Waals surface area contributed by atoms with Crippen LogP contribution >= 0.6 is 0 Å². The van der Waals surface area contributed by atoms with Gasteiger partial charge in [-0.3, -0.25) is 0 Å². The third kappa shape index (κ3) is 2.41. The predicted molar refractivity (Wildman–Crippen MR) is 75.2 cm³/mol. The van der Waals surface area contributed by atoms with Gasteiger partial charge in [-0.05, 0) is 35.6 Å². The molecule has 0 heterocycles. The number of halogens is 1. The molecule has 2 aromatic carbocycles. The number of aliphatic hydroxyl groups is 1. The van der Waals surface area contributed by atoms with E-state index in [1.807, 2.05) is 24.3 Å². The van der Waals surface area contributed by atoms with Crippen molar-refractivity contribution in [1.29, 1.82) is 0 Å². The fourth-order valence-electron chi connectivity index (χ4n) is 2.86. The molecule has 2 aromatic rings. The summed E-state index contributed by atoms with van der Waals surface area (Å²) >= 11 is 0. The number of rotatable bonds is 2. The molecule has 1 aliphatic carbocycles. The maximum Gasteiger partial charge on any atom is 0.129 e. The minimum absolute atomic E-state index is 0.313. The molecule has 3 unspecified atom stereocenters. The van der Waals surface area contributed by atoms with Gasteiger partial charge >= 0.3 is 0 Å². The van der Waals surface area contributed by atoms with Crippen LogP contribution in [0.5, 0.6) is 5.75 Å². The molecule has 0 aromatic heterocycles. The zero-order valence-corrected chi connectivity index (χ0v) is 11.3. The van der Waals surface area contributed by atoms with Crippen LogP contribution in [0, 0.1) is 5.82 Å². The van der Waals surface area contributed by atoms with E-state index >= 15 is 0 Å². The maximum atomic E-state index is 13.2. The molecule has 0 fully saturated rings. The Hall–Kier alpha value is -1.87. The van der Waals surface area contributed by atoms with E-state index in [0.29, 0.717) is 18.1 Å². The lowest BCUT2D eigenvalue weighted by molar-refractivity contribution is 0.0178. The molecule has 0 radical (unpaired) electrons. The molecule has 3 atom stereocenters. The van der Waals surface area contributed by atoms with Crippen LogP contribution in [0.1, 0.15) is 36.5 Å². The fourth-order valence-corrected chi connectivity index (χ4v) is 2.86. The van der Waals surface area contributed by atoms with Crippen molar-refractivity contribution >= 4 is 0 Å². The van der Waals surface area contributed by atoms with Crippen LogP contribution < -0.4 is 4.74 Å². The largest absolute Gasteiger partial charge is 0.487 e. The third-order valence-corrected chi connectivity index (χ3v) is 3.87. The van der Waals surface area contributed by atoms with Gasteiger partial charge in [0.25, 0.3) is 0 Å². The van der Waals surface area contributed by atoms with Gasteiger partial charge in [-0.1, -0.05) is 37.3 Å². The number of hydrogen-bond donors (Lipinski definition) is 1. The van der Waals surface area contributed by atoms with Crippen LogP contribution in [0.4, 0.5) is 4.39 Å². The maximum absolute atomic E-state index is 13.2. The summed E-state index contributed by atoms with van der Waals surface area (Å²) in [5.41, 5.74) is 2.08. The van der Waals surface area contributed by atoms with Gasteiger partial charge in [0.15, 0.2) is 0 Å². The Balaban J connectivity index is 1.86. The molecule has 20 heavy (non-hydrogen) atoms. The van der Waals surface area contributed by atoms with Crippen molar-refractivity contribution in [3.63, 3.8) is 0 Å². The standard InChI is InChI=1S/C17H17FO2/c1-11-9-16(20-13-6-4-5-12(18)10-13)17(19)15-8-3-2-7-14(11)15/h2-8,10-11,16-17,19H,9H2,1H3. The molecule has 0 amide bonds. The quantitative estimate of drug-likeness (QED) is 0.900. The lowest BCUT2D eigenvalue weighted by atomic mass is 9.80. The highest BCUT2D eigenvalue weighted by molar-refractivity contribution is 5.35. The summed E-state index contributed by atoms with van der Waals surface area (Å²) in [7, 11) is 0. The van der Waals surface area contributed by atoms with Gasteiger partial charge < -0.3 is 9.84 Å². The minimum Gasteiger partial charge on any atom is -0.487 e. The summed E-state index contributed by atoms with van der Waals surface area (Å²) < 4.78 is 19.0. The van der Waals surface area contributed by atoms with Crippen molar-refractivity contribution in [3.8, 4) is 5.75 Å². The molecule has 2 nitrogen and oxygen atoms in total. The SMILES string of the molecule is CC1CC(Oc2cccc(F)c2)C(O)c2ccccc21. The number of benzene rings is 2. The summed E-state index contributed by atoms with van der Waals surface area (Å²) in [6.07, 6.45) is -0.304. The Kier molecular flexibility index (Phi) is 3.45. The van der Waals surface area contributed by atoms with Gasteiger partial charge in [-0.25, -0.2) is 4.39 Å². The summed E-state index contributed by atoms with van der Waals surface area (Å²) in [6.45, 7) is 2.12. The molecule has 3 rings (SSSR count). The second-order valence-corrected chi connectivity index (χ2v) is 5.32. The number of aliphatic hydroxyl groups excluding tert-OH is 1. The van der Waals surface area contributed by atoms with Gasteiger partial charge in [0.1, 0.15) is 23.8 Å². The first-order valence-corrected chi connectivity index (χ1v) is 6.84. The summed E-state index contributed by atoms with van der Waals surface area (Å²) in [5, 5.41) is 10.5. The smallest absolute Gasteiger partial charge is 0.129 e. The van der Waals surface area contributed by atoms with E-state index in [4.69, 9.17) is 4.74 Å². The fraction of sp³-hybridized carbons (Fsp3) is 0.294. The monoisotopic (exact) mass is 272 g/mol. The molecule has 1 N–H and O–H groups in total. The molecule has 3 heteroatoms. The van der Waals surface area contributed by atoms with Crippen LogP contribution in [-0.2, 0) is 0 Å². The lowest BCUT2D eigenvalue weighted by Gasteiger charge is -2.34. The Morgan fingerprint density at radius 1 is 1.10 bits per heavy atom. The molecule has 0 saturated heterocycles. The van der Waals surface area contributed by atoms with Gasteiger partial charge in [-0.2, -0.15) is 0 Å².